The molecule has 0 unspecified atom stereocenters. The molecule has 1 heterocycles. The summed E-state index contributed by atoms with van der Waals surface area (Å²) in [4.78, 5) is 0. The Balaban J connectivity index is 1.58. The highest BCUT2D eigenvalue weighted by atomic mass is 79.9. The molecule has 21 heavy (non-hydrogen) atoms. The predicted molar refractivity (Wildman–Crippen MR) is 83.1 cm³/mol. The molecule has 5 heteroatoms. The first-order valence-electron chi connectivity index (χ1n) is 6.57. The van der Waals surface area contributed by atoms with Crippen LogP contribution in [0.25, 0.3) is 11.5 Å². The predicted octanol–water partition coefficient (Wildman–Crippen LogP) is 4.12. The Morgan fingerprint density at radius 2 is 1.86 bits per heavy atom. The van der Waals surface area contributed by atoms with Crippen LogP contribution in [0.4, 0.5) is 0 Å². The van der Waals surface area contributed by atoms with Crippen LogP contribution < -0.4 is 4.74 Å². The van der Waals surface area contributed by atoms with Gasteiger partial charge >= 0.3 is 0 Å². The molecule has 3 aromatic rings. The molecule has 0 spiro atoms. The summed E-state index contributed by atoms with van der Waals surface area (Å²) in [6.07, 6.45) is 0.576. The summed E-state index contributed by atoms with van der Waals surface area (Å²) in [6.45, 7) is 0.493. The lowest BCUT2D eigenvalue weighted by Crippen LogP contribution is -2.01. The van der Waals surface area contributed by atoms with Gasteiger partial charge < -0.3 is 9.15 Å². The zero-order valence-corrected chi connectivity index (χ0v) is 12.8. The smallest absolute Gasteiger partial charge is 0.247 e. The van der Waals surface area contributed by atoms with Crippen molar-refractivity contribution >= 4 is 15.9 Å². The van der Waals surface area contributed by atoms with E-state index in [1.807, 2.05) is 54.6 Å². The molecule has 3 rings (SSSR count). The summed E-state index contributed by atoms with van der Waals surface area (Å²) in [5.74, 6) is 1.92. The Labute approximate surface area is 130 Å². The molecule has 1 aromatic heterocycles. The molecular formula is C16H13BrN2O2. The van der Waals surface area contributed by atoms with E-state index in [0.717, 1.165) is 15.8 Å². The van der Waals surface area contributed by atoms with E-state index in [1.165, 1.54) is 0 Å². The van der Waals surface area contributed by atoms with Crippen molar-refractivity contribution in [2.45, 2.75) is 6.42 Å². The fraction of sp³-hybridized carbons (Fsp3) is 0.125. The van der Waals surface area contributed by atoms with Crippen molar-refractivity contribution in [1.29, 1.82) is 0 Å². The number of halogens is 1. The maximum absolute atomic E-state index is 5.65. The summed E-state index contributed by atoms with van der Waals surface area (Å²) < 4.78 is 12.3. The van der Waals surface area contributed by atoms with Gasteiger partial charge in [0.2, 0.25) is 11.8 Å². The number of ether oxygens (including phenoxy) is 1. The van der Waals surface area contributed by atoms with Gasteiger partial charge in [-0.2, -0.15) is 0 Å². The van der Waals surface area contributed by atoms with Gasteiger partial charge in [-0.25, -0.2) is 0 Å². The highest BCUT2D eigenvalue weighted by Gasteiger charge is 2.08. The zero-order valence-electron chi connectivity index (χ0n) is 11.2. The summed E-state index contributed by atoms with van der Waals surface area (Å²) in [6, 6.07) is 17.4. The van der Waals surface area contributed by atoms with Crippen molar-refractivity contribution < 1.29 is 9.15 Å². The fourth-order valence-electron chi connectivity index (χ4n) is 1.86. The monoisotopic (exact) mass is 344 g/mol. The van der Waals surface area contributed by atoms with Gasteiger partial charge in [-0.05, 0) is 30.3 Å². The van der Waals surface area contributed by atoms with Gasteiger partial charge in [0, 0.05) is 10.0 Å². The topological polar surface area (TPSA) is 48.2 Å². The highest BCUT2D eigenvalue weighted by Crippen LogP contribution is 2.19. The maximum Gasteiger partial charge on any atom is 0.247 e. The van der Waals surface area contributed by atoms with Crippen LogP contribution in [0.5, 0.6) is 5.75 Å². The van der Waals surface area contributed by atoms with E-state index in [0.29, 0.717) is 24.8 Å². The first kappa shape index (κ1) is 13.8. The summed E-state index contributed by atoms with van der Waals surface area (Å²) in [7, 11) is 0. The lowest BCUT2D eigenvalue weighted by molar-refractivity contribution is 0.307. The van der Waals surface area contributed by atoms with E-state index >= 15 is 0 Å². The van der Waals surface area contributed by atoms with Crippen LogP contribution in [0, 0.1) is 0 Å². The second-order valence-electron chi connectivity index (χ2n) is 4.42. The number of hydrogen-bond acceptors (Lipinski definition) is 4. The first-order chi connectivity index (χ1) is 10.3. The zero-order chi connectivity index (χ0) is 14.5. The average Bonchev–Trinajstić information content (AvgIpc) is 2.97. The molecule has 0 fully saturated rings. The van der Waals surface area contributed by atoms with Gasteiger partial charge in [-0.3, -0.25) is 0 Å². The van der Waals surface area contributed by atoms with Crippen LogP contribution >= 0.6 is 15.9 Å². The molecule has 0 aliphatic rings. The molecule has 0 radical (unpaired) electrons. The fourth-order valence-corrected chi connectivity index (χ4v) is 2.24. The van der Waals surface area contributed by atoms with Crippen molar-refractivity contribution in [3.8, 4) is 17.2 Å². The van der Waals surface area contributed by atoms with E-state index < -0.39 is 0 Å². The van der Waals surface area contributed by atoms with Crippen LogP contribution in [-0.2, 0) is 6.42 Å². The number of aromatic nitrogens is 2. The summed E-state index contributed by atoms with van der Waals surface area (Å²) in [5.41, 5.74) is 0.921. The molecule has 0 N–H and O–H groups in total. The van der Waals surface area contributed by atoms with Crippen molar-refractivity contribution in [3.05, 3.63) is 65.0 Å². The minimum absolute atomic E-state index is 0.493. The van der Waals surface area contributed by atoms with Crippen molar-refractivity contribution in [1.82, 2.24) is 10.2 Å². The third kappa shape index (κ3) is 3.70. The molecule has 2 aromatic carbocycles. The molecule has 0 aliphatic carbocycles. The average molecular weight is 345 g/mol. The lowest BCUT2D eigenvalue weighted by Gasteiger charge is -2.04. The molecule has 0 saturated carbocycles. The van der Waals surface area contributed by atoms with Crippen LogP contribution in [0.15, 0.2) is 63.5 Å². The second kappa shape index (κ2) is 6.54. The number of hydrogen-bond donors (Lipinski definition) is 0. The van der Waals surface area contributed by atoms with Crippen molar-refractivity contribution in [2.75, 3.05) is 6.61 Å². The van der Waals surface area contributed by atoms with E-state index in [4.69, 9.17) is 9.15 Å². The van der Waals surface area contributed by atoms with Crippen molar-refractivity contribution in [3.63, 3.8) is 0 Å². The quantitative estimate of drug-likeness (QED) is 0.698. The van der Waals surface area contributed by atoms with Gasteiger partial charge in [0.05, 0.1) is 13.0 Å². The van der Waals surface area contributed by atoms with E-state index in [2.05, 4.69) is 26.1 Å². The third-order valence-electron chi connectivity index (χ3n) is 2.87. The van der Waals surface area contributed by atoms with Crippen molar-refractivity contribution in [2.24, 2.45) is 0 Å². The largest absolute Gasteiger partial charge is 0.493 e. The molecular weight excluding hydrogens is 332 g/mol. The maximum atomic E-state index is 5.65. The van der Waals surface area contributed by atoms with Crippen LogP contribution in [-0.4, -0.2) is 16.8 Å². The normalized spacial score (nSPS) is 10.5. The first-order valence-corrected chi connectivity index (χ1v) is 7.37. The van der Waals surface area contributed by atoms with E-state index in [9.17, 15) is 0 Å². The van der Waals surface area contributed by atoms with Crippen LogP contribution in [0.2, 0.25) is 0 Å². The van der Waals surface area contributed by atoms with E-state index in [1.54, 1.807) is 0 Å². The Kier molecular flexibility index (Phi) is 4.31. The third-order valence-corrected chi connectivity index (χ3v) is 3.36. The molecule has 0 saturated heterocycles. The lowest BCUT2D eigenvalue weighted by atomic mass is 10.2. The van der Waals surface area contributed by atoms with Gasteiger partial charge in [-0.15, -0.1) is 10.2 Å². The number of rotatable bonds is 5. The molecule has 0 aliphatic heterocycles. The second-order valence-corrected chi connectivity index (χ2v) is 5.34. The summed E-state index contributed by atoms with van der Waals surface area (Å²) in [5, 5.41) is 8.08. The van der Waals surface area contributed by atoms with Crippen LogP contribution in [0.1, 0.15) is 5.89 Å². The molecule has 106 valence electrons. The Bertz CT molecular complexity index is 713. The minimum atomic E-state index is 0.493. The summed E-state index contributed by atoms with van der Waals surface area (Å²) >= 11 is 3.41. The van der Waals surface area contributed by atoms with Gasteiger partial charge in [-0.1, -0.05) is 40.2 Å². The number of nitrogens with zero attached hydrogens (tertiary/aromatic N) is 2. The molecule has 0 bridgehead atoms. The standard InChI is InChI=1S/C16H13BrN2O2/c17-13-7-4-8-14(11-13)20-10-9-15-18-19-16(21-15)12-5-2-1-3-6-12/h1-8,11H,9-10H2. The molecule has 4 nitrogen and oxygen atoms in total. The highest BCUT2D eigenvalue weighted by molar-refractivity contribution is 9.10. The Morgan fingerprint density at radius 3 is 2.67 bits per heavy atom. The van der Waals surface area contributed by atoms with Gasteiger partial charge in [0.1, 0.15) is 5.75 Å². The Hall–Kier alpha value is -2.14. The van der Waals surface area contributed by atoms with Gasteiger partial charge in [0.15, 0.2) is 0 Å². The molecule has 0 atom stereocenters. The SMILES string of the molecule is Brc1cccc(OCCc2nnc(-c3ccccc3)o2)c1. The van der Waals surface area contributed by atoms with Crippen LogP contribution in [0.3, 0.4) is 0 Å². The minimum Gasteiger partial charge on any atom is -0.493 e. The van der Waals surface area contributed by atoms with E-state index in [-0.39, 0.29) is 0 Å². The van der Waals surface area contributed by atoms with Gasteiger partial charge in [0.25, 0.3) is 0 Å². The molecule has 0 amide bonds. The number of benzene rings is 2. The Morgan fingerprint density at radius 1 is 1.00 bits per heavy atom.